The Hall–Kier alpha value is -1.46. The minimum atomic E-state index is -0.416. The fraction of sp³-hybridized carbons (Fsp3) is 0.778. The summed E-state index contributed by atoms with van der Waals surface area (Å²) in [6, 6.07) is -0.0611. The first-order valence-electron chi connectivity index (χ1n) is 4.85. The van der Waals surface area contributed by atoms with Gasteiger partial charge in [-0.25, -0.2) is 0 Å². The van der Waals surface area contributed by atoms with Gasteiger partial charge in [-0.15, -0.1) is 9.78 Å². The van der Waals surface area contributed by atoms with Crippen LogP contribution in [0.1, 0.15) is 46.4 Å². The number of nitro groups is 1. The van der Waals surface area contributed by atoms with Crippen LogP contribution in [0.2, 0.25) is 0 Å². The van der Waals surface area contributed by atoms with Gasteiger partial charge in [-0.2, -0.15) is 0 Å². The van der Waals surface area contributed by atoms with Crippen LogP contribution in [0.4, 0.5) is 5.82 Å². The summed E-state index contributed by atoms with van der Waals surface area (Å²) in [5, 5.41) is 18.7. The second-order valence-electron chi connectivity index (χ2n) is 4.81. The van der Waals surface area contributed by atoms with E-state index in [2.05, 4.69) is 10.3 Å². The molecular weight excluding hydrogens is 196 g/mol. The van der Waals surface area contributed by atoms with E-state index in [1.165, 1.54) is 4.68 Å². The Balaban J connectivity index is 3.37. The van der Waals surface area contributed by atoms with Crippen molar-refractivity contribution < 1.29 is 4.92 Å². The molecule has 15 heavy (non-hydrogen) atoms. The number of aromatic nitrogens is 3. The molecule has 1 aromatic heterocycles. The van der Waals surface area contributed by atoms with Crippen molar-refractivity contribution in [3.63, 3.8) is 0 Å². The first kappa shape index (κ1) is 11.6. The zero-order chi connectivity index (χ0) is 11.8. The third-order valence-electron chi connectivity index (χ3n) is 2.04. The van der Waals surface area contributed by atoms with Crippen LogP contribution in [-0.4, -0.2) is 19.9 Å². The number of hydrogen-bond donors (Lipinski definition) is 0. The zero-order valence-corrected chi connectivity index (χ0v) is 9.68. The molecule has 0 amide bonds. The summed E-state index contributed by atoms with van der Waals surface area (Å²) in [4.78, 5) is 10.5. The Morgan fingerprint density at radius 3 is 2.27 bits per heavy atom. The second-order valence-corrected chi connectivity index (χ2v) is 4.81. The van der Waals surface area contributed by atoms with Crippen molar-refractivity contribution in [1.29, 1.82) is 0 Å². The molecule has 0 bridgehead atoms. The molecule has 0 aliphatic rings. The molecule has 0 N–H and O–H groups in total. The third kappa shape index (κ3) is 2.14. The molecule has 0 saturated heterocycles. The molecule has 0 fully saturated rings. The highest BCUT2D eigenvalue weighted by Gasteiger charge is 2.33. The molecule has 6 heteroatoms. The molecule has 6 nitrogen and oxygen atoms in total. The highest BCUT2D eigenvalue weighted by molar-refractivity contribution is 5.31. The molecular formula is C9H16N4O2. The molecule has 0 saturated carbocycles. The predicted octanol–water partition coefficient (Wildman–Crippen LogP) is 2.06. The number of rotatable bonds is 2. The lowest BCUT2D eigenvalue weighted by molar-refractivity contribution is -0.394. The van der Waals surface area contributed by atoms with Gasteiger partial charge in [0.25, 0.3) is 0 Å². The average molecular weight is 212 g/mol. The molecule has 0 radical (unpaired) electrons. The Morgan fingerprint density at radius 1 is 1.40 bits per heavy atom. The maximum absolute atomic E-state index is 11.0. The van der Waals surface area contributed by atoms with Gasteiger partial charge < -0.3 is 10.1 Å². The summed E-state index contributed by atoms with van der Waals surface area (Å²) in [6.07, 6.45) is 0. The molecule has 0 aromatic carbocycles. The van der Waals surface area contributed by atoms with E-state index in [1.807, 2.05) is 34.6 Å². The van der Waals surface area contributed by atoms with Crippen LogP contribution in [0, 0.1) is 10.1 Å². The van der Waals surface area contributed by atoms with Crippen molar-refractivity contribution in [2.45, 2.75) is 46.1 Å². The van der Waals surface area contributed by atoms with Crippen molar-refractivity contribution in [1.82, 2.24) is 15.0 Å². The Labute approximate surface area is 88.4 Å². The fourth-order valence-electron chi connectivity index (χ4n) is 1.29. The van der Waals surface area contributed by atoms with Gasteiger partial charge in [0.2, 0.25) is 0 Å². The van der Waals surface area contributed by atoms with Gasteiger partial charge in [0.15, 0.2) is 5.69 Å². The summed E-state index contributed by atoms with van der Waals surface area (Å²) in [5.41, 5.74) is 0.0661. The van der Waals surface area contributed by atoms with E-state index in [-0.39, 0.29) is 17.3 Å². The van der Waals surface area contributed by atoms with Gasteiger partial charge in [-0.1, -0.05) is 20.8 Å². The molecule has 1 rings (SSSR count). The van der Waals surface area contributed by atoms with Gasteiger partial charge in [-0.05, 0) is 18.8 Å². The van der Waals surface area contributed by atoms with E-state index in [1.54, 1.807) is 0 Å². The lowest BCUT2D eigenvalue weighted by Gasteiger charge is -2.13. The van der Waals surface area contributed by atoms with Crippen LogP contribution in [-0.2, 0) is 5.41 Å². The van der Waals surface area contributed by atoms with Gasteiger partial charge >= 0.3 is 5.82 Å². The Bertz CT molecular complexity index is 376. The Morgan fingerprint density at radius 2 is 1.93 bits per heavy atom. The van der Waals surface area contributed by atoms with E-state index in [4.69, 9.17) is 0 Å². The Kier molecular flexibility index (Phi) is 2.79. The summed E-state index contributed by atoms with van der Waals surface area (Å²) < 4.78 is 1.35. The van der Waals surface area contributed by atoms with Gasteiger partial charge in [0.05, 0.1) is 0 Å². The van der Waals surface area contributed by atoms with Gasteiger partial charge in [-0.3, -0.25) is 0 Å². The number of nitrogens with zero attached hydrogens (tertiary/aromatic N) is 4. The van der Waals surface area contributed by atoms with Crippen molar-refractivity contribution in [2.75, 3.05) is 0 Å². The quantitative estimate of drug-likeness (QED) is 0.555. The van der Waals surface area contributed by atoms with Crippen LogP contribution in [0.3, 0.4) is 0 Å². The molecule has 1 heterocycles. The number of hydrogen-bond acceptors (Lipinski definition) is 4. The van der Waals surface area contributed by atoms with Gasteiger partial charge in [0.1, 0.15) is 6.04 Å². The maximum Gasteiger partial charge on any atom is 0.369 e. The molecule has 0 unspecified atom stereocenters. The monoisotopic (exact) mass is 212 g/mol. The van der Waals surface area contributed by atoms with Crippen molar-refractivity contribution in [2.24, 2.45) is 0 Å². The third-order valence-corrected chi connectivity index (χ3v) is 2.04. The van der Waals surface area contributed by atoms with Crippen LogP contribution in [0.5, 0.6) is 0 Å². The minimum absolute atomic E-state index is 0.00231. The van der Waals surface area contributed by atoms with Crippen molar-refractivity contribution in [3.8, 4) is 0 Å². The molecule has 0 atom stereocenters. The summed E-state index contributed by atoms with van der Waals surface area (Å²) in [5.74, 6) is -0.00231. The molecule has 0 spiro atoms. The smallest absolute Gasteiger partial charge is 0.358 e. The van der Waals surface area contributed by atoms with Crippen molar-refractivity contribution in [3.05, 3.63) is 15.8 Å². The molecule has 84 valence electrons. The van der Waals surface area contributed by atoms with E-state index in [0.717, 1.165) is 0 Å². The van der Waals surface area contributed by atoms with Crippen LogP contribution in [0.25, 0.3) is 0 Å². The van der Waals surface area contributed by atoms with E-state index in [9.17, 15) is 10.1 Å². The molecule has 0 aliphatic heterocycles. The lowest BCUT2D eigenvalue weighted by atomic mass is 9.92. The lowest BCUT2D eigenvalue weighted by Crippen LogP contribution is -2.15. The highest BCUT2D eigenvalue weighted by Crippen LogP contribution is 2.30. The SMILES string of the molecule is CC(C)n1nnc(C(C)(C)C)c1[N+](=O)[O-]. The topological polar surface area (TPSA) is 73.8 Å². The summed E-state index contributed by atoms with van der Waals surface area (Å²) in [7, 11) is 0. The van der Waals surface area contributed by atoms with Gasteiger partial charge in [0, 0.05) is 10.6 Å². The van der Waals surface area contributed by atoms with Crippen molar-refractivity contribution >= 4 is 5.82 Å². The average Bonchev–Trinajstić information content (AvgIpc) is 2.45. The molecule has 1 aromatic rings. The van der Waals surface area contributed by atoms with Crippen LogP contribution >= 0.6 is 0 Å². The first-order valence-corrected chi connectivity index (χ1v) is 4.85. The van der Waals surface area contributed by atoms with E-state index in [0.29, 0.717) is 5.69 Å². The predicted molar refractivity (Wildman–Crippen MR) is 55.8 cm³/mol. The fourth-order valence-corrected chi connectivity index (χ4v) is 1.29. The summed E-state index contributed by atoms with van der Waals surface area (Å²) in [6.45, 7) is 9.33. The summed E-state index contributed by atoms with van der Waals surface area (Å²) >= 11 is 0. The zero-order valence-electron chi connectivity index (χ0n) is 9.68. The standard InChI is InChI=1S/C9H16N4O2/c1-6(2)12-8(13(14)15)7(10-11-12)9(3,4)5/h6H,1-5H3. The maximum atomic E-state index is 11.0. The largest absolute Gasteiger partial charge is 0.369 e. The van der Waals surface area contributed by atoms with E-state index < -0.39 is 4.92 Å². The van der Waals surface area contributed by atoms with Crippen LogP contribution < -0.4 is 0 Å². The first-order chi connectivity index (χ1) is 6.75. The van der Waals surface area contributed by atoms with E-state index >= 15 is 0 Å². The molecule has 0 aliphatic carbocycles. The second kappa shape index (κ2) is 3.60. The minimum Gasteiger partial charge on any atom is -0.358 e. The highest BCUT2D eigenvalue weighted by atomic mass is 16.6. The normalized spacial score (nSPS) is 12.1. The van der Waals surface area contributed by atoms with Crippen LogP contribution in [0.15, 0.2) is 0 Å².